The van der Waals surface area contributed by atoms with E-state index < -0.39 is 0 Å². The first kappa shape index (κ1) is 16.4. The lowest BCUT2D eigenvalue weighted by atomic mass is 10.2. The molecule has 0 spiro atoms. The van der Waals surface area contributed by atoms with Crippen LogP contribution in [0.1, 0.15) is 10.5 Å². The molecule has 0 saturated carbocycles. The third-order valence-corrected chi connectivity index (χ3v) is 4.34. The van der Waals surface area contributed by atoms with Gasteiger partial charge in [0.15, 0.2) is 0 Å². The fourth-order valence-electron chi connectivity index (χ4n) is 2.55. The molecule has 2 amide bonds. The molecule has 1 aliphatic heterocycles. The number of hydrogen-bond acceptors (Lipinski definition) is 4. The molecular weight excluding hydrogens is 372 g/mol. The zero-order chi connectivity index (χ0) is 16.9. The van der Waals surface area contributed by atoms with Crippen LogP contribution in [0, 0.1) is 0 Å². The Labute approximate surface area is 148 Å². The highest BCUT2D eigenvalue weighted by molar-refractivity contribution is 9.10. The molecule has 24 heavy (non-hydrogen) atoms. The highest BCUT2D eigenvalue weighted by atomic mass is 79.9. The van der Waals surface area contributed by atoms with Crippen LogP contribution >= 0.6 is 15.9 Å². The molecule has 0 aliphatic carbocycles. The van der Waals surface area contributed by atoms with Crippen molar-refractivity contribution in [3.63, 3.8) is 0 Å². The lowest BCUT2D eigenvalue weighted by Crippen LogP contribution is -2.48. The number of benzene rings is 1. The summed E-state index contributed by atoms with van der Waals surface area (Å²) in [5.41, 5.74) is 2.13. The number of carbonyl (C=O) groups is 2. The molecule has 6 nitrogen and oxygen atoms in total. The summed E-state index contributed by atoms with van der Waals surface area (Å²) in [5, 5.41) is 3.26. The molecule has 1 saturated heterocycles. The molecule has 1 aliphatic rings. The van der Waals surface area contributed by atoms with E-state index in [1.807, 2.05) is 30.3 Å². The van der Waals surface area contributed by atoms with Crippen molar-refractivity contribution in [2.75, 3.05) is 31.5 Å². The Kier molecular flexibility index (Phi) is 5.10. The molecule has 1 fully saturated rings. The first-order chi connectivity index (χ1) is 11.7. The zero-order valence-electron chi connectivity index (χ0n) is 13.0. The van der Waals surface area contributed by atoms with Gasteiger partial charge in [0.1, 0.15) is 5.69 Å². The number of amides is 2. The Balaban J connectivity index is 1.71. The van der Waals surface area contributed by atoms with E-state index >= 15 is 0 Å². The van der Waals surface area contributed by atoms with E-state index in [-0.39, 0.29) is 5.91 Å². The summed E-state index contributed by atoms with van der Waals surface area (Å²) in [4.78, 5) is 30.9. The Morgan fingerprint density at radius 1 is 1.12 bits per heavy atom. The second-order valence-corrected chi connectivity index (χ2v) is 6.41. The fraction of sp³-hybridized carbons (Fsp3) is 0.235. The smallest absolute Gasteiger partial charge is 0.272 e. The van der Waals surface area contributed by atoms with Crippen molar-refractivity contribution in [1.82, 2.24) is 14.8 Å². The minimum atomic E-state index is -0.113. The van der Waals surface area contributed by atoms with Gasteiger partial charge < -0.3 is 15.1 Å². The maximum atomic E-state index is 12.6. The van der Waals surface area contributed by atoms with Gasteiger partial charge in [-0.2, -0.15) is 0 Å². The number of carbonyl (C=O) groups excluding carboxylic acids is 2. The van der Waals surface area contributed by atoms with Crippen LogP contribution in [0.2, 0.25) is 0 Å². The minimum Gasteiger partial charge on any atom is -0.355 e. The molecule has 2 heterocycles. The summed E-state index contributed by atoms with van der Waals surface area (Å²) in [6.45, 7) is 2.18. The normalized spacial score (nSPS) is 14.4. The third-order valence-electron chi connectivity index (χ3n) is 3.84. The summed E-state index contributed by atoms with van der Waals surface area (Å²) in [7, 11) is 0. The number of piperazine rings is 1. The predicted molar refractivity (Wildman–Crippen MR) is 95.2 cm³/mol. The molecule has 1 N–H and O–H groups in total. The van der Waals surface area contributed by atoms with Crippen LogP contribution in [0.25, 0.3) is 0 Å². The number of hydrogen-bond donors (Lipinski definition) is 1. The number of rotatable bonds is 4. The molecule has 7 heteroatoms. The standard InChI is InChI=1S/C17H17BrN4O2/c18-13-2-1-3-14(10-13)20-15-4-5-19-16(11-15)17(24)22-8-6-21(12-23)7-9-22/h1-5,10-12H,6-9H2,(H,19,20). The van der Waals surface area contributed by atoms with E-state index in [4.69, 9.17) is 0 Å². The molecule has 0 radical (unpaired) electrons. The highest BCUT2D eigenvalue weighted by Crippen LogP contribution is 2.21. The molecule has 0 unspecified atom stereocenters. The first-order valence-corrected chi connectivity index (χ1v) is 8.42. The van der Waals surface area contributed by atoms with Gasteiger partial charge in [0.25, 0.3) is 5.91 Å². The van der Waals surface area contributed by atoms with Crippen LogP contribution in [0.3, 0.4) is 0 Å². The van der Waals surface area contributed by atoms with Crippen LogP contribution < -0.4 is 5.32 Å². The lowest BCUT2D eigenvalue weighted by Gasteiger charge is -2.32. The Bertz CT molecular complexity index is 745. The third kappa shape index (κ3) is 3.91. The van der Waals surface area contributed by atoms with Crippen molar-refractivity contribution in [3.05, 3.63) is 52.8 Å². The van der Waals surface area contributed by atoms with Crippen molar-refractivity contribution in [2.24, 2.45) is 0 Å². The number of nitrogens with one attached hydrogen (secondary N) is 1. The molecule has 3 rings (SSSR count). The molecule has 2 aromatic rings. The first-order valence-electron chi connectivity index (χ1n) is 7.63. The quantitative estimate of drug-likeness (QED) is 0.817. The number of aromatic nitrogens is 1. The van der Waals surface area contributed by atoms with Gasteiger partial charge in [-0.3, -0.25) is 14.6 Å². The van der Waals surface area contributed by atoms with E-state index in [1.165, 1.54) is 0 Å². The zero-order valence-corrected chi connectivity index (χ0v) is 14.6. The predicted octanol–water partition coefficient (Wildman–Crippen LogP) is 2.50. The largest absolute Gasteiger partial charge is 0.355 e. The van der Waals surface area contributed by atoms with Crippen molar-refractivity contribution < 1.29 is 9.59 Å². The summed E-state index contributed by atoms with van der Waals surface area (Å²) in [5.74, 6) is -0.113. The van der Waals surface area contributed by atoms with Crippen molar-refractivity contribution in [3.8, 4) is 0 Å². The summed E-state index contributed by atoms with van der Waals surface area (Å²) < 4.78 is 0.978. The maximum absolute atomic E-state index is 12.6. The van der Waals surface area contributed by atoms with Crippen LogP contribution in [0.15, 0.2) is 47.1 Å². The van der Waals surface area contributed by atoms with Crippen LogP contribution in [-0.2, 0) is 4.79 Å². The highest BCUT2D eigenvalue weighted by Gasteiger charge is 2.22. The summed E-state index contributed by atoms with van der Waals surface area (Å²) >= 11 is 3.43. The number of nitrogens with zero attached hydrogens (tertiary/aromatic N) is 3. The van der Waals surface area contributed by atoms with Gasteiger partial charge in [0, 0.05) is 48.2 Å². The monoisotopic (exact) mass is 388 g/mol. The fourth-order valence-corrected chi connectivity index (χ4v) is 2.95. The van der Waals surface area contributed by atoms with Crippen molar-refractivity contribution in [1.29, 1.82) is 0 Å². The Hall–Kier alpha value is -2.41. The van der Waals surface area contributed by atoms with E-state index in [0.717, 1.165) is 22.3 Å². The second kappa shape index (κ2) is 7.44. The van der Waals surface area contributed by atoms with Gasteiger partial charge in [-0.25, -0.2) is 0 Å². The average Bonchev–Trinajstić information content (AvgIpc) is 2.61. The van der Waals surface area contributed by atoms with Gasteiger partial charge in [-0.05, 0) is 30.3 Å². The lowest BCUT2D eigenvalue weighted by molar-refractivity contribution is -0.119. The molecule has 124 valence electrons. The van der Waals surface area contributed by atoms with Crippen molar-refractivity contribution >= 4 is 39.6 Å². The van der Waals surface area contributed by atoms with Gasteiger partial charge in [-0.1, -0.05) is 22.0 Å². The van der Waals surface area contributed by atoms with Gasteiger partial charge in [0.2, 0.25) is 6.41 Å². The van der Waals surface area contributed by atoms with E-state index in [1.54, 1.807) is 22.1 Å². The molecule has 0 bridgehead atoms. The second-order valence-electron chi connectivity index (χ2n) is 5.50. The molecular formula is C17H17BrN4O2. The number of pyridine rings is 1. The minimum absolute atomic E-state index is 0.113. The number of halogens is 1. The van der Waals surface area contributed by atoms with Crippen LogP contribution in [0.5, 0.6) is 0 Å². The maximum Gasteiger partial charge on any atom is 0.272 e. The van der Waals surface area contributed by atoms with Gasteiger partial charge >= 0.3 is 0 Å². The molecule has 1 aromatic heterocycles. The van der Waals surface area contributed by atoms with E-state index in [9.17, 15) is 9.59 Å². The Morgan fingerprint density at radius 2 is 1.88 bits per heavy atom. The average molecular weight is 389 g/mol. The van der Waals surface area contributed by atoms with E-state index in [0.29, 0.717) is 31.9 Å². The van der Waals surface area contributed by atoms with Gasteiger partial charge in [0.05, 0.1) is 0 Å². The van der Waals surface area contributed by atoms with Gasteiger partial charge in [-0.15, -0.1) is 0 Å². The topological polar surface area (TPSA) is 65.5 Å². The molecule has 1 aromatic carbocycles. The summed E-state index contributed by atoms with van der Waals surface area (Å²) in [6, 6.07) is 11.4. The molecule has 0 atom stereocenters. The number of anilines is 2. The summed E-state index contributed by atoms with van der Waals surface area (Å²) in [6.07, 6.45) is 2.44. The van der Waals surface area contributed by atoms with Crippen LogP contribution in [-0.4, -0.2) is 53.3 Å². The van der Waals surface area contributed by atoms with E-state index in [2.05, 4.69) is 26.2 Å². The van der Waals surface area contributed by atoms with Crippen molar-refractivity contribution in [2.45, 2.75) is 0 Å². The van der Waals surface area contributed by atoms with Crippen LogP contribution in [0.4, 0.5) is 11.4 Å². The SMILES string of the molecule is O=CN1CCN(C(=O)c2cc(Nc3cccc(Br)c3)ccn2)CC1. The Morgan fingerprint density at radius 3 is 2.58 bits per heavy atom.